The number of carboxylic acids is 1. The van der Waals surface area contributed by atoms with Crippen molar-refractivity contribution >= 4 is 17.6 Å². The van der Waals surface area contributed by atoms with E-state index in [1.54, 1.807) is 13.0 Å². The van der Waals surface area contributed by atoms with E-state index in [4.69, 9.17) is 23.1 Å². The Morgan fingerprint density at radius 1 is 1.62 bits per heavy atom. The summed E-state index contributed by atoms with van der Waals surface area (Å²) in [7, 11) is 0. The first-order valence-corrected chi connectivity index (χ1v) is 3.94. The summed E-state index contributed by atoms with van der Waals surface area (Å²) in [4.78, 5) is 10.7. The highest BCUT2D eigenvalue weighted by molar-refractivity contribution is 6.34. The molecule has 0 radical (unpaired) electrons. The normalized spacial score (nSPS) is 9.31. The van der Waals surface area contributed by atoms with Crippen LogP contribution < -0.4 is 0 Å². The molecule has 0 aliphatic heterocycles. The average molecular weight is 195 g/mol. The third-order valence-corrected chi connectivity index (χ3v) is 2.15. The minimum absolute atomic E-state index is 0.0506. The molecule has 0 unspecified atom stereocenters. The Kier molecular flexibility index (Phi) is 2.60. The van der Waals surface area contributed by atoms with E-state index in [1.165, 1.54) is 6.07 Å². The molecule has 2 nitrogen and oxygen atoms in total. The lowest BCUT2D eigenvalue weighted by Gasteiger charge is -2.03. The molecule has 0 aromatic heterocycles. The molecule has 0 heterocycles. The van der Waals surface area contributed by atoms with Crippen LogP contribution in [0.1, 0.15) is 21.5 Å². The van der Waals surface area contributed by atoms with Crippen molar-refractivity contribution in [3.63, 3.8) is 0 Å². The highest BCUT2D eigenvalue weighted by atomic mass is 35.5. The molecule has 0 aliphatic carbocycles. The van der Waals surface area contributed by atoms with Crippen molar-refractivity contribution in [2.45, 2.75) is 6.92 Å². The Morgan fingerprint density at radius 3 is 2.69 bits per heavy atom. The average Bonchev–Trinajstić information content (AvgIpc) is 2.09. The molecule has 0 saturated heterocycles. The maximum absolute atomic E-state index is 10.7. The van der Waals surface area contributed by atoms with E-state index in [0.29, 0.717) is 11.1 Å². The Balaban J connectivity index is 3.44. The van der Waals surface area contributed by atoms with Crippen LogP contribution in [-0.4, -0.2) is 11.1 Å². The number of carbonyl (C=O) groups is 1. The summed E-state index contributed by atoms with van der Waals surface area (Å²) in [6, 6.07) is 3.06. The van der Waals surface area contributed by atoms with Gasteiger partial charge in [0.05, 0.1) is 10.6 Å². The van der Waals surface area contributed by atoms with Crippen LogP contribution in [0.4, 0.5) is 0 Å². The monoisotopic (exact) mass is 194 g/mol. The van der Waals surface area contributed by atoms with Crippen LogP contribution in [0.5, 0.6) is 0 Å². The fourth-order valence-corrected chi connectivity index (χ4v) is 1.20. The van der Waals surface area contributed by atoms with Gasteiger partial charge in [-0.05, 0) is 24.6 Å². The summed E-state index contributed by atoms with van der Waals surface area (Å²) in [5, 5.41) is 9.00. The molecule has 66 valence electrons. The third kappa shape index (κ3) is 1.82. The zero-order chi connectivity index (χ0) is 10.0. The van der Waals surface area contributed by atoms with Crippen molar-refractivity contribution in [2.75, 3.05) is 0 Å². The lowest BCUT2D eigenvalue weighted by molar-refractivity contribution is 0.0697. The lowest BCUT2D eigenvalue weighted by Crippen LogP contribution is -1.99. The SMILES string of the molecule is C#Cc1cc(C)c(Cl)c(C(=O)O)c1. The molecule has 1 N–H and O–H groups in total. The Labute approximate surface area is 81.1 Å². The van der Waals surface area contributed by atoms with Crippen LogP contribution >= 0.6 is 11.6 Å². The number of aryl methyl sites for hydroxylation is 1. The fraction of sp³-hybridized carbons (Fsp3) is 0.100. The minimum atomic E-state index is -1.06. The molecule has 0 amide bonds. The van der Waals surface area contributed by atoms with Gasteiger partial charge in [-0.25, -0.2) is 4.79 Å². The summed E-state index contributed by atoms with van der Waals surface area (Å²) < 4.78 is 0. The molecule has 0 atom stereocenters. The summed E-state index contributed by atoms with van der Waals surface area (Å²) >= 11 is 5.77. The van der Waals surface area contributed by atoms with Gasteiger partial charge in [0.2, 0.25) is 0 Å². The molecule has 0 saturated carbocycles. The van der Waals surface area contributed by atoms with E-state index in [2.05, 4.69) is 5.92 Å². The van der Waals surface area contributed by atoms with Gasteiger partial charge in [0.25, 0.3) is 0 Å². The van der Waals surface area contributed by atoms with Crippen LogP contribution in [0, 0.1) is 19.3 Å². The van der Waals surface area contributed by atoms with Crippen molar-refractivity contribution in [2.24, 2.45) is 0 Å². The van der Waals surface area contributed by atoms with Crippen molar-refractivity contribution < 1.29 is 9.90 Å². The van der Waals surface area contributed by atoms with Crippen LogP contribution in [-0.2, 0) is 0 Å². The molecule has 1 aromatic carbocycles. The lowest BCUT2D eigenvalue weighted by atomic mass is 10.1. The first kappa shape index (κ1) is 9.63. The molecule has 0 spiro atoms. The quantitative estimate of drug-likeness (QED) is 0.697. The van der Waals surface area contributed by atoms with Crippen molar-refractivity contribution in [3.05, 3.63) is 33.8 Å². The second-order valence-electron chi connectivity index (χ2n) is 2.60. The maximum Gasteiger partial charge on any atom is 0.337 e. The third-order valence-electron chi connectivity index (χ3n) is 1.65. The highest BCUT2D eigenvalue weighted by Gasteiger charge is 2.11. The number of terminal acetylenes is 1. The van der Waals surface area contributed by atoms with Crippen LogP contribution in [0.25, 0.3) is 0 Å². The Hall–Kier alpha value is -1.46. The number of rotatable bonds is 1. The number of carboxylic acid groups (broad SMARTS) is 1. The van der Waals surface area contributed by atoms with Crippen LogP contribution in [0.2, 0.25) is 5.02 Å². The molecule has 0 aliphatic rings. The van der Waals surface area contributed by atoms with Gasteiger partial charge >= 0.3 is 5.97 Å². The molecule has 0 bridgehead atoms. The van der Waals surface area contributed by atoms with E-state index >= 15 is 0 Å². The van der Waals surface area contributed by atoms with Gasteiger partial charge in [-0.3, -0.25) is 0 Å². The summed E-state index contributed by atoms with van der Waals surface area (Å²) in [6.45, 7) is 1.72. The Morgan fingerprint density at radius 2 is 2.23 bits per heavy atom. The zero-order valence-electron chi connectivity index (χ0n) is 6.97. The number of hydrogen-bond acceptors (Lipinski definition) is 1. The zero-order valence-corrected chi connectivity index (χ0v) is 7.72. The first-order chi connectivity index (χ1) is 6.06. The summed E-state index contributed by atoms with van der Waals surface area (Å²) in [6.07, 6.45) is 5.15. The van der Waals surface area contributed by atoms with E-state index in [0.717, 1.165) is 0 Å². The standard InChI is InChI=1S/C10H7ClO2/c1-3-7-4-6(2)9(11)8(5-7)10(12)13/h1,4-5H,2H3,(H,12,13). The van der Waals surface area contributed by atoms with E-state index in [9.17, 15) is 4.79 Å². The number of benzene rings is 1. The van der Waals surface area contributed by atoms with Gasteiger partial charge in [0.1, 0.15) is 0 Å². The van der Waals surface area contributed by atoms with Gasteiger partial charge in [-0.15, -0.1) is 6.42 Å². The summed E-state index contributed by atoms with van der Waals surface area (Å²) in [5.41, 5.74) is 1.25. The van der Waals surface area contributed by atoms with Gasteiger partial charge in [0, 0.05) is 5.56 Å². The van der Waals surface area contributed by atoms with Gasteiger partial charge in [-0.2, -0.15) is 0 Å². The van der Waals surface area contributed by atoms with E-state index in [1.807, 2.05) is 0 Å². The Bertz CT molecular complexity index is 402. The molecular formula is C10H7ClO2. The molecule has 0 fully saturated rings. The maximum atomic E-state index is 10.7. The van der Waals surface area contributed by atoms with Crippen molar-refractivity contribution in [3.8, 4) is 12.3 Å². The smallest absolute Gasteiger partial charge is 0.337 e. The first-order valence-electron chi connectivity index (χ1n) is 3.56. The molecule has 1 rings (SSSR count). The predicted octanol–water partition coefficient (Wildman–Crippen LogP) is 2.33. The van der Waals surface area contributed by atoms with Gasteiger partial charge in [0.15, 0.2) is 0 Å². The predicted molar refractivity (Wildman–Crippen MR) is 51.1 cm³/mol. The van der Waals surface area contributed by atoms with E-state index in [-0.39, 0.29) is 10.6 Å². The van der Waals surface area contributed by atoms with Crippen molar-refractivity contribution in [1.29, 1.82) is 0 Å². The molecule has 13 heavy (non-hydrogen) atoms. The van der Waals surface area contributed by atoms with Crippen LogP contribution in [0.3, 0.4) is 0 Å². The van der Waals surface area contributed by atoms with E-state index < -0.39 is 5.97 Å². The van der Waals surface area contributed by atoms with Crippen LogP contribution in [0.15, 0.2) is 12.1 Å². The molecular weight excluding hydrogens is 188 g/mol. The van der Waals surface area contributed by atoms with Gasteiger partial charge < -0.3 is 5.11 Å². The topological polar surface area (TPSA) is 37.3 Å². The number of halogens is 1. The second-order valence-corrected chi connectivity index (χ2v) is 2.98. The number of aromatic carboxylic acids is 1. The minimum Gasteiger partial charge on any atom is -0.478 e. The van der Waals surface area contributed by atoms with Crippen molar-refractivity contribution in [1.82, 2.24) is 0 Å². The second kappa shape index (κ2) is 3.51. The fourth-order valence-electron chi connectivity index (χ4n) is 1.01. The molecule has 3 heteroatoms. The highest BCUT2D eigenvalue weighted by Crippen LogP contribution is 2.22. The largest absolute Gasteiger partial charge is 0.478 e. The summed E-state index contributed by atoms with van der Waals surface area (Å²) in [5.74, 6) is 1.30. The van der Waals surface area contributed by atoms with Gasteiger partial charge in [-0.1, -0.05) is 17.5 Å². The molecule has 1 aromatic rings. The number of hydrogen-bond donors (Lipinski definition) is 1.